The van der Waals surface area contributed by atoms with Crippen LogP contribution in [-0.4, -0.2) is 33.2 Å². The number of benzene rings is 2. The standard InChI is InChI=1S/C22H28FN3O/c1-16(19-9-4-5-10-20(19)27-3)14-25-21(24-2)26-15-22(11-12-22)17-7-6-8-18(23)13-17/h4-10,13,16H,11-12,14-15H2,1-3H3,(H2,24,25,26). The summed E-state index contributed by atoms with van der Waals surface area (Å²) >= 11 is 0. The van der Waals surface area contributed by atoms with Gasteiger partial charge in [0, 0.05) is 31.5 Å². The van der Waals surface area contributed by atoms with Gasteiger partial charge < -0.3 is 15.4 Å². The molecule has 0 radical (unpaired) electrons. The van der Waals surface area contributed by atoms with Crippen LogP contribution < -0.4 is 15.4 Å². The molecule has 1 saturated carbocycles. The van der Waals surface area contributed by atoms with Gasteiger partial charge in [-0.2, -0.15) is 0 Å². The Morgan fingerprint density at radius 3 is 2.63 bits per heavy atom. The van der Waals surface area contributed by atoms with Gasteiger partial charge in [-0.05, 0) is 42.2 Å². The first-order valence-electron chi connectivity index (χ1n) is 9.41. The Bertz CT molecular complexity index is 802. The molecule has 1 atom stereocenters. The van der Waals surface area contributed by atoms with E-state index in [4.69, 9.17) is 4.74 Å². The van der Waals surface area contributed by atoms with E-state index in [1.54, 1.807) is 26.3 Å². The summed E-state index contributed by atoms with van der Waals surface area (Å²) in [5.74, 6) is 1.77. The molecule has 2 aromatic rings. The predicted molar refractivity (Wildman–Crippen MR) is 108 cm³/mol. The van der Waals surface area contributed by atoms with Gasteiger partial charge in [-0.15, -0.1) is 0 Å². The molecule has 0 heterocycles. The first kappa shape index (κ1) is 19.2. The average Bonchev–Trinajstić information content (AvgIpc) is 3.49. The number of rotatable bonds is 7. The Balaban J connectivity index is 1.56. The largest absolute Gasteiger partial charge is 0.496 e. The Morgan fingerprint density at radius 2 is 1.96 bits per heavy atom. The quantitative estimate of drug-likeness (QED) is 0.576. The Hall–Kier alpha value is -2.56. The van der Waals surface area contributed by atoms with Crippen molar-refractivity contribution in [1.82, 2.24) is 10.6 Å². The molecule has 0 bridgehead atoms. The van der Waals surface area contributed by atoms with Gasteiger partial charge in [0.15, 0.2) is 5.96 Å². The summed E-state index contributed by atoms with van der Waals surface area (Å²) in [6.07, 6.45) is 2.14. The molecular formula is C22H28FN3O. The van der Waals surface area contributed by atoms with Gasteiger partial charge in [-0.1, -0.05) is 37.3 Å². The predicted octanol–water partition coefficient (Wildman–Crippen LogP) is 3.83. The first-order chi connectivity index (χ1) is 13.1. The molecular weight excluding hydrogens is 341 g/mol. The molecule has 0 amide bonds. The van der Waals surface area contributed by atoms with Gasteiger partial charge in [-0.25, -0.2) is 4.39 Å². The summed E-state index contributed by atoms with van der Waals surface area (Å²) in [5, 5.41) is 6.80. The van der Waals surface area contributed by atoms with Crippen LogP contribution in [0.5, 0.6) is 5.75 Å². The van der Waals surface area contributed by atoms with Gasteiger partial charge in [-0.3, -0.25) is 4.99 Å². The first-order valence-corrected chi connectivity index (χ1v) is 9.41. The van der Waals surface area contributed by atoms with Crippen LogP contribution in [0.2, 0.25) is 0 Å². The van der Waals surface area contributed by atoms with Crippen LogP contribution in [0.3, 0.4) is 0 Å². The minimum atomic E-state index is -0.174. The van der Waals surface area contributed by atoms with E-state index >= 15 is 0 Å². The molecule has 5 heteroatoms. The van der Waals surface area contributed by atoms with Gasteiger partial charge >= 0.3 is 0 Å². The molecule has 0 aliphatic heterocycles. The van der Waals surface area contributed by atoms with E-state index in [1.807, 2.05) is 24.3 Å². The Kier molecular flexibility index (Phi) is 5.99. The number of ether oxygens (including phenoxy) is 1. The maximum atomic E-state index is 13.6. The highest BCUT2D eigenvalue weighted by molar-refractivity contribution is 5.80. The topological polar surface area (TPSA) is 45.7 Å². The molecule has 144 valence electrons. The van der Waals surface area contributed by atoms with Gasteiger partial charge in [0.2, 0.25) is 0 Å². The Morgan fingerprint density at radius 1 is 1.19 bits per heavy atom. The number of aliphatic imine (C=N–C) groups is 1. The van der Waals surface area contributed by atoms with Crippen LogP contribution in [0.1, 0.15) is 36.8 Å². The van der Waals surface area contributed by atoms with Crippen LogP contribution in [0, 0.1) is 5.82 Å². The SMILES string of the molecule is CN=C(NCC(C)c1ccccc1OC)NCC1(c2cccc(F)c2)CC1. The van der Waals surface area contributed by atoms with E-state index in [-0.39, 0.29) is 17.2 Å². The zero-order chi connectivity index (χ0) is 19.3. The maximum absolute atomic E-state index is 13.6. The summed E-state index contributed by atoms with van der Waals surface area (Å²) < 4.78 is 19.0. The molecule has 1 fully saturated rings. The minimum absolute atomic E-state index is 0.0218. The fraction of sp³-hybridized carbons (Fsp3) is 0.409. The Labute approximate surface area is 160 Å². The third-order valence-electron chi connectivity index (χ3n) is 5.35. The number of para-hydroxylation sites is 1. The monoisotopic (exact) mass is 369 g/mol. The van der Waals surface area contributed by atoms with Crippen LogP contribution in [0.25, 0.3) is 0 Å². The number of hydrogen-bond acceptors (Lipinski definition) is 2. The van der Waals surface area contributed by atoms with Crippen LogP contribution in [0.4, 0.5) is 4.39 Å². The molecule has 0 spiro atoms. The van der Waals surface area contributed by atoms with Crippen molar-refractivity contribution in [2.75, 3.05) is 27.2 Å². The zero-order valence-corrected chi connectivity index (χ0v) is 16.3. The van der Waals surface area contributed by atoms with Crippen molar-refractivity contribution in [2.45, 2.75) is 31.1 Å². The van der Waals surface area contributed by atoms with Crippen molar-refractivity contribution in [3.8, 4) is 5.75 Å². The number of methoxy groups -OCH3 is 1. The number of guanidine groups is 1. The number of halogens is 1. The van der Waals surface area contributed by atoms with Gasteiger partial charge in [0.05, 0.1) is 7.11 Å². The fourth-order valence-corrected chi connectivity index (χ4v) is 3.44. The van der Waals surface area contributed by atoms with E-state index in [0.717, 1.165) is 43.2 Å². The summed E-state index contributed by atoms with van der Waals surface area (Å²) in [6.45, 7) is 3.65. The van der Waals surface area contributed by atoms with Crippen molar-refractivity contribution in [1.29, 1.82) is 0 Å². The lowest BCUT2D eigenvalue weighted by Crippen LogP contribution is -2.42. The van der Waals surface area contributed by atoms with E-state index in [1.165, 1.54) is 11.6 Å². The summed E-state index contributed by atoms with van der Waals surface area (Å²) in [7, 11) is 3.46. The summed E-state index contributed by atoms with van der Waals surface area (Å²) in [5.41, 5.74) is 2.25. The summed E-state index contributed by atoms with van der Waals surface area (Å²) in [4.78, 5) is 4.33. The number of hydrogen-bond donors (Lipinski definition) is 2. The third-order valence-corrected chi connectivity index (χ3v) is 5.35. The molecule has 27 heavy (non-hydrogen) atoms. The van der Waals surface area contributed by atoms with E-state index in [0.29, 0.717) is 0 Å². The lowest BCUT2D eigenvalue weighted by molar-refractivity contribution is 0.406. The second-order valence-corrected chi connectivity index (χ2v) is 7.24. The minimum Gasteiger partial charge on any atom is -0.496 e. The van der Waals surface area contributed by atoms with Crippen LogP contribution in [0.15, 0.2) is 53.5 Å². The van der Waals surface area contributed by atoms with Crippen molar-refractivity contribution in [3.05, 3.63) is 65.5 Å². The fourth-order valence-electron chi connectivity index (χ4n) is 3.44. The molecule has 0 aromatic heterocycles. The molecule has 1 unspecified atom stereocenters. The lowest BCUT2D eigenvalue weighted by Gasteiger charge is -2.21. The number of nitrogens with zero attached hydrogens (tertiary/aromatic N) is 1. The average molecular weight is 369 g/mol. The highest BCUT2D eigenvalue weighted by Crippen LogP contribution is 2.47. The highest BCUT2D eigenvalue weighted by atomic mass is 19.1. The van der Waals surface area contributed by atoms with Crippen molar-refractivity contribution < 1.29 is 9.13 Å². The van der Waals surface area contributed by atoms with Crippen molar-refractivity contribution >= 4 is 5.96 Å². The van der Waals surface area contributed by atoms with E-state index in [9.17, 15) is 4.39 Å². The summed E-state index contributed by atoms with van der Waals surface area (Å²) in [6, 6.07) is 15.0. The molecule has 1 aliphatic rings. The highest BCUT2D eigenvalue weighted by Gasteiger charge is 2.44. The van der Waals surface area contributed by atoms with E-state index in [2.05, 4.69) is 28.6 Å². The molecule has 2 aromatic carbocycles. The third kappa shape index (κ3) is 4.59. The van der Waals surface area contributed by atoms with Gasteiger partial charge in [0.25, 0.3) is 0 Å². The van der Waals surface area contributed by atoms with Crippen LogP contribution in [-0.2, 0) is 5.41 Å². The van der Waals surface area contributed by atoms with Gasteiger partial charge in [0.1, 0.15) is 11.6 Å². The zero-order valence-electron chi connectivity index (χ0n) is 16.3. The number of nitrogens with one attached hydrogen (secondary N) is 2. The lowest BCUT2D eigenvalue weighted by atomic mass is 9.96. The molecule has 3 rings (SSSR count). The van der Waals surface area contributed by atoms with Crippen LogP contribution >= 0.6 is 0 Å². The van der Waals surface area contributed by atoms with E-state index < -0.39 is 0 Å². The normalized spacial score (nSPS) is 16.5. The maximum Gasteiger partial charge on any atom is 0.191 e. The molecule has 4 nitrogen and oxygen atoms in total. The van der Waals surface area contributed by atoms with Crippen molar-refractivity contribution in [2.24, 2.45) is 4.99 Å². The smallest absolute Gasteiger partial charge is 0.191 e. The molecule has 1 aliphatic carbocycles. The molecule has 0 saturated heterocycles. The molecule has 2 N–H and O–H groups in total. The second kappa shape index (κ2) is 8.42. The van der Waals surface area contributed by atoms with Crippen molar-refractivity contribution in [3.63, 3.8) is 0 Å². The second-order valence-electron chi connectivity index (χ2n) is 7.24.